The average Bonchev–Trinajstić information content (AvgIpc) is 2.96. The van der Waals surface area contributed by atoms with Gasteiger partial charge in [0, 0.05) is 33.4 Å². The van der Waals surface area contributed by atoms with Gasteiger partial charge in [-0.2, -0.15) is 0 Å². The van der Waals surface area contributed by atoms with Crippen molar-refractivity contribution in [2.75, 3.05) is 13.6 Å². The number of hydrogen-bond donors (Lipinski definition) is 8. The lowest BCUT2D eigenvalue weighted by Crippen LogP contribution is -2.57. The zero-order valence-corrected chi connectivity index (χ0v) is 23.7. The van der Waals surface area contributed by atoms with Crippen molar-refractivity contribution >= 4 is 35.6 Å². The van der Waals surface area contributed by atoms with E-state index in [1.807, 2.05) is 54.6 Å². The summed E-state index contributed by atoms with van der Waals surface area (Å²) in [6, 6.07) is 13.7. The molecule has 2 aromatic rings. The monoisotopic (exact) mass is 581 g/mol. The van der Waals surface area contributed by atoms with Crippen molar-refractivity contribution in [3.8, 4) is 11.1 Å². The highest BCUT2D eigenvalue weighted by molar-refractivity contribution is 5.94. The number of primary amides is 1. The second kappa shape index (κ2) is 17.0. The molecule has 0 aliphatic rings. The largest absolute Gasteiger partial charge is 0.481 e. The minimum Gasteiger partial charge on any atom is -0.481 e. The third-order valence-corrected chi connectivity index (χ3v) is 6.36. The molecule has 0 saturated carbocycles. The lowest BCUT2D eigenvalue weighted by molar-refractivity contribution is -0.138. The van der Waals surface area contributed by atoms with Gasteiger partial charge in [0.1, 0.15) is 18.1 Å². The highest BCUT2D eigenvalue weighted by Gasteiger charge is 2.29. The van der Waals surface area contributed by atoms with Crippen LogP contribution >= 0.6 is 0 Å². The second-order valence-corrected chi connectivity index (χ2v) is 9.67. The number of hydrogen-bond acceptors (Lipinski definition) is 6. The Hall–Kier alpha value is -4.94. The van der Waals surface area contributed by atoms with E-state index in [9.17, 15) is 24.0 Å². The summed E-state index contributed by atoms with van der Waals surface area (Å²) in [7, 11) is 1.59. The fraction of sp³-hybridized carbons (Fsp3) is 0.379. The van der Waals surface area contributed by atoms with Gasteiger partial charge >= 0.3 is 5.97 Å². The molecule has 4 amide bonds. The van der Waals surface area contributed by atoms with E-state index in [4.69, 9.17) is 16.2 Å². The van der Waals surface area contributed by atoms with Gasteiger partial charge in [-0.3, -0.25) is 29.4 Å². The Bertz CT molecular complexity index is 1240. The molecule has 0 fully saturated rings. The van der Waals surface area contributed by atoms with E-state index in [2.05, 4.69) is 26.6 Å². The Morgan fingerprint density at radius 1 is 0.833 bits per heavy atom. The molecule has 3 atom stereocenters. The Morgan fingerprint density at radius 3 is 2.00 bits per heavy atom. The number of rotatable bonds is 16. The van der Waals surface area contributed by atoms with Crippen molar-refractivity contribution < 1.29 is 29.1 Å². The van der Waals surface area contributed by atoms with Gasteiger partial charge in [0.05, 0.1) is 0 Å². The number of amides is 4. The predicted molar refractivity (Wildman–Crippen MR) is 157 cm³/mol. The van der Waals surface area contributed by atoms with Gasteiger partial charge in [-0.05, 0) is 36.0 Å². The van der Waals surface area contributed by atoms with Crippen LogP contribution in [0.5, 0.6) is 0 Å². The van der Waals surface area contributed by atoms with Crippen LogP contribution in [0.15, 0.2) is 54.6 Å². The van der Waals surface area contributed by atoms with E-state index >= 15 is 0 Å². The average molecular weight is 582 g/mol. The Kier molecular flexibility index (Phi) is 13.5. The van der Waals surface area contributed by atoms with E-state index in [0.29, 0.717) is 18.5 Å². The number of carbonyl (C=O) groups is 5. The van der Waals surface area contributed by atoms with Crippen molar-refractivity contribution in [2.45, 2.75) is 57.2 Å². The zero-order chi connectivity index (χ0) is 31.1. The van der Waals surface area contributed by atoms with Crippen LogP contribution in [-0.2, 0) is 30.4 Å². The first-order valence-corrected chi connectivity index (χ1v) is 13.5. The van der Waals surface area contributed by atoms with Crippen LogP contribution in [0.3, 0.4) is 0 Å². The number of carboxylic acids is 1. The summed E-state index contributed by atoms with van der Waals surface area (Å²) in [6.07, 6.45) is 0.0868. The zero-order valence-electron chi connectivity index (χ0n) is 23.7. The Morgan fingerprint density at radius 2 is 1.43 bits per heavy atom. The smallest absolute Gasteiger partial charge is 0.303 e. The maximum absolute atomic E-state index is 13.4. The van der Waals surface area contributed by atoms with Crippen molar-refractivity contribution in [3.63, 3.8) is 0 Å². The van der Waals surface area contributed by atoms with Crippen LogP contribution in [-0.4, -0.2) is 72.4 Å². The topological polar surface area (TPSA) is 216 Å². The molecule has 2 aromatic carbocycles. The van der Waals surface area contributed by atoms with Crippen molar-refractivity contribution in [3.05, 3.63) is 60.2 Å². The van der Waals surface area contributed by atoms with Gasteiger partial charge in [-0.1, -0.05) is 54.6 Å². The quantitative estimate of drug-likeness (QED) is 0.0779. The lowest BCUT2D eigenvalue weighted by atomic mass is 9.99. The minimum absolute atomic E-state index is 0.0464. The van der Waals surface area contributed by atoms with Crippen LogP contribution in [0, 0.1) is 5.41 Å². The molecule has 0 aliphatic carbocycles. The van der Waals surface area contributed by atoms with Gasteiger partial charge in [-0.15, -0.1) is 0 Å². The maximum atomic E-state index is 13.4. The van der Waals surface area contributed by atoms with Crippen molar-refractivity contribution in [1.29, 1.82) is 5.41 Å². The number of aliphatic carboxylic acids is 1. The SMILES string of the molecule is CNC(=N)NCCCC(NC(=O)C(Cc1ccc(-c2ccccc2)cc1)NC(=O)C(CCC(=O)O)NC(C)=O)C(N)=O. The van der Waals surface area contributed by atoms with Crippen LogP contribution in [0.25, 0.3) is 11.1 Å². The van der Waals surface area contributed by atoms with Gasteiger partial charge < -0.3 is 37.4 Å². The summed E-state index contributed by atoms with van der Waals surface area (Å²) in [5, 5.41) is 29.7. The van der Waals surface area contributed by atoms with Crippen LogP contribution in [0.1, 0.15) is 38.2 Å². The normalized spacial score (nSPS) is 12.6. The molecule has 2 rings (SSSR count). The van der Waals surface area contributed by atoms with Gasteiger partial charge in [0.2, 0.25) is 23.6 Å². The van der Waals surface area contributed by atoms with Crippen LogP contribution in [0.2, 0.25) is 0 Å². The third kappa shape index (κ3) is 11.7. The van der Waals surface area contributed by atoms with E-state index in [1.165, 1.54) is 6.92 Å². The first-order chi connectivity index (χ1) is 20.0. The third-order valence-electron chi connectivity index (χ3n) is 6.36. The van der Waals surface area contributed by atoms with Crippen molar-refractivity contribution in [2.24, 2.45) is 5.73 Å². The number of nitrogens with one attached hydrogen (secondary N) is 6. The first-order valence-electron chi connectivity index (χ1n) is 13.5. The fourth-order valence-electron chi connectivity index (χ4n) is 4.13. The Labute approximate surface area is 244 Å². The summed E-state index contributed by atoms with van der Waals surface area (Å²) in [6.45, 7) is 1.55. The predicted octanol–water partition coefficient (Wildman–Crippen LogP) is 0.244. The van der Waals surface area contributed by atoms with Gasteiger partial charge in [0.25, 0.3) is 0 Å². The van der Waals surface area contributed by atoms with Gasteiger partial charge in [-0.25, -0.2) is 0 Å². The molecule has 0 bridgehead atoms. The highest BCUT2D eigenvalue weighted by Crippen LogP contribution is 2.20. The Balaban J connectivity index is 2.23. The number of carboxylic acid groups (broad SMARTS) is 1. The number of guanidine groups is 1. The van der Waals surface area contributed by atoms with Gasteiger partial charge in [0.15, 0.2) is 5.96 Å². The molecule has 13 heteroatoms. The molecule has 13 nitrogen and oxygen atoms in total. The minimum atomic E-state index is -1.19. The summed E-state index contributed by atoms with van der Waals surface area (Å²) in [4.78, 5) is 61.4. The molecule has 0 aliphatic heterocycles. The van der Waals surface area contributed by atoms with E-state index in [-0.39, 0.29) is 31.6 Å². The highest BCUT2D eigenvalue weighted by atomic mass is 16.4. The molecular formula is C29H39N7O6. The lowest BCUT2D eigenvalue weighted by Gasteiger charge is -2.25. The van der Waals surface area contributed by atoms with Crippen LogP contribution < -0.4 is 32.3 Å². The standard InChI is InChI=1S/C29H39N7O6/c1-18(37)34-23(14-15-25(38)39)27(41)36-24(17-19-10-12-21(13-11-19)20-7-4-3-5-8-20)28(42)35-22(26(30)40)9-6-16-33-29(31)32-2/h3-5,7-8,10-13,22-24H,6,9,14-17H2,1-2H3,(H2,30,40)(H,34,37)(H,35,42)(H,36,41)(H,38,39)(H3,31,32,33). The molecular weight excluding hydrogens is 542 g/mol. The molecule has 0 spiro atoms. The summed E-state index contributed by atoms with van der Waals surface area (Å²) >= 11 is 0. The molecule has 0 aromatic heterocycles. The molecule has 42 heavy (non-hydrogen) atoms. The number of nitrogens with two attached hydrogens (primary N) is 1. The molecule has 0 heterocycles. The summed E-state index contributed by atoms with van der Waals surface area (Å²) < 4.78 is 0. The maximum Gasteiger partial charge on any atom is 0.303 e. The fourth-order valence-corrected chi connectivity index (χ4v) is 4.13. The second-order valence-electron chi connectivity index (χ2n) is 9.67. The number of carbonyl (C=O) groups excluding carboxylic acids is 4. The van der Waals surface area contributed by atoms with Crippen molar-refractivity contribution in [1.82, 2.24) is 26.6 Å². The summed E-state index contributed by atoms with van der Waals surface area (Å²) in [5.74, 6) is -3.75. The van der Waals surface area contributed by atoms with E-state index < -0.39 is 47.7 Å². The molecule has 9 N–H and O–H groups in total. The van der Waals surface area contributed by atoms with E-state index in [1.54, 1.807) is 7.05 Å². The summed E-state index contributed by atoms with van der Waals surface area (Å²) in [5.41, 5.74) is 8.20. The first kappa shape index (κ1) is 33.3. The molecule has 0 saturated heterocycles. The molecule has 3 unspecified atom stereocenters. The molecule has 226 valence electrons. The van der Waals surface area contributed by atoms with E-state index in [0.717, 1.165) is 11.1 Å². The molecule has 0 radical (unpaired) electrons. The van der Waals surface area contributed by atoms with Crippen LogP contribution in [0.4, 0.5) is 0 Å². The number of benzene rings is 2.